The van der Waals surface area contributed by atoms with Crippen molar-refractivity contribution in [1.29, 1.82) is 0 Å². The summed E-state index contributed by atoms with van der Waals surface area (Å²) in [6.45, 7) is 2.46. The van der Waals surface area contributed by atoms with Gasteiger partial charge in [-0.1, -0.05) is 11.8 Å². The molecule has 1 saturated heterocycles. The number of ether oxygens (including phenoxy) is 1. The Bertz CT molecular complexity index is 924. The van der Waals surface area contributed by atoms with E-state index in [9.17, 15) is 9.59 Å². The van der Waals surface area contributed by atoms with E-state index in [-0.39, 0.29) is 23.6 Å². The lowest BCUT2D eigenvalue weighted by molar-refractivity contribution is 0.0875. The van der Waals surface area contributed by atoms with E-state index in [0.717, 1.165) is 43.7 Å². The molecule has 1 saturated carbocycles. The molecule has 0 aromatic carbocycles. The molecule has 0 radical (unpaired) electrons. The molecule has 0 bridgehead atoms. The van der Waals surface area contributed by atoms with Gasteiger partial charge in [0.1, 0.15) is 17.4 Å². The van der Waals surface area contributed by atoms with Crippen LogP contribution >= 0.6 is 11.8 Å². The summed E-state index contributed by atoms with van der Waals surface area (Å²) < 4.78 is 13.0. The van der Waals surface area contributed by atoms with Gasteiger partial charge in [-0.25, -0.2) is 9.78 Å². The van der Waals surface area contributed by atoms with Crippen molar-refractivity contribution in [1.82, 2.24) is 14.9 Å². The van der Waals surface area contributed by atoms with Gasteiger partial charge < -0.3 is 19.0 Å². The fourth-order valence-electron chi connectivity index (χ4n) is 4.06. The fourth-order valence-corrected chi connectivity index (χ4v) is 5.22. The molecule has 156 valence electrons. The topological polar surface area (TPSA) is 86.4 Å². The van der Waals surface area contributed by atoms with Crippen LogP contribution in [0.25, 0.3) is 0 Å². The summed E-state index contributed by atoms with van der Waals surface area (Å²) in [5.74, 6) is 0.184. The highest BCUT2D eigenvalue weighted by molar-refractivity contribution is 7.99. The van der Waals surface area contributed by atoms with Crippen LogP contribution in [0.4, 0.5) is 0 Å². The van der Waals surface area contributed by atoms with Crippen LogP contribution in [0.1, 0.15) is 66.3 Å². The second-order valence-electron chi connectivity index (χ2n) is 7.88. The number of rotatable bonds is 5. The minimum absolute atomic E-state index is 0.0809. The second kappa shape index (κ2) is 8.75. The number of nitrogens with zero attached hydrogens (tertiary/aromatic N) is 2. The molecule has 2 aromatic rings. The van der Waals surface area contributed by atoms with E-state index in [1.165, 1.54) is 0 Å². The summed E-state index contributed by atoms with van der Waals surface area (Å²) in [5, 5.41) is 4.56. The Morgan fingerprint density at radius 3 is 2.69 bits per heavy atom. The molecular formula is C21H27N3O4S. The first-order valence-electron chi connectivity index (χ1n) is 10.2. The van der Waals surface area contributed by atoms with Gasteiger partial charge in [0.25, 0.3) is 5.91 Å². The van der Waals surface area contributed by atoms with Crippen molar-refractivity contribution < 1.29 is 13.9 Å². The Morgan fingerprint density at radius 1 is 1.28 bits per heavy atom. The van der Waals surface area contributed by atoms with E-state index in [0.29, 0.717) is 23.2 Å². The second-order valence-corrected chi connectivity index (χ2v) is 9.15. The summed E-state index contributed by atoms with van der Waals surface area (Å²) >= 11 is 1.80. The standard InChI is InChI=1S/C21H27N3O4S/c1-13-12-17(16-4-3-11-27-16)28-20(26)18(13)19(25)23-14-5-7-15(8-6-14)29-21-22-9-10-24(21)2/h9-10,12,14-16H,3-8,11H2,1-2H3,(H,23,25). The number of aromatic nitrogens is 2. The fraction of sp³-hybridized carbons (Fsp3) is 0.571. The van der Waals surface area contributed by atoms with E-state index in [2.05, 4.69) is 10.3 Å². The minimum atomic E-state index is -0.577. The van der Waals surface area contributed by atoms with Gasteiger partial charge in [-0.2, -0.15) is 0 Å². The van der Waals surface area contributed by atoms with Crippen molar-refractivity contribution in [2.24, 2.45) is 7.05 Å². The Hall–Kier alpha value is -2.06. The number of amides is 1. The number of carbonyl (C=O) groups is 1. The number of imidazole rings is 1. The summed E-state index contributed by atoms with van der Waals surface area (Å²) in [7, 11) is 2.00. The minimum Gasteiger partial charge on any atom is -0.424 e. The van der Waals surface area contributed by atoms with E-state index < -0.39 is 5.63 Å². The van der Waals surface area contributed by atoms with Crippen molar-refractivity contribution in [3.05, 3.63) is 45.8 Å². The van der Waals surface area contributed by atoms with Crippen molar-refractivity contribution >= 4 is 17.7 Å². The zero-order valence-electron chi connectivity index (χ0n) is 16.8. The highest BCUT2D eigenvalue weighted by Gasteiger charge is 2.27. The van der Waals surface area contributed by atoms with Gasteiger partial charge in [0.05, 0.1) is 0 Å². The zero-order chi connectivity index (χ0) is 20.4. The molecule has 1 N–H and O–H groups in total. The van der Waals surface area contributed by atoms with Crippen LogP contribution < -0.4 is 10.9 Å². The molecule has 7 nitrogen and oxygen atoms in total. The predicted octanol–water partition coefficient (Wildman–Crippen LogP) is 3.37. The van der Waals surface area contributed by atoms with Crippen LogP contribution in [0.3, 0.4) is 0 Å². The van der Waals surface area contributed by atoms with Gasteiger partial charge in [0, 0.05) is 37.3 Å². The first kappa shape index (κ1) is 20.2. The Labute approximate surface area is 174 Å². The first-order valence-corrected chi connectivity index (χ1v) is 11.1. The average molecular weight is 418 g/mol. The maximum absolute atomic E-state index is 12.7. The largest absolute Gasteiger partial charge is 0.424 e. The Kier molecular flexibility index (Phi) is 6.10. The molecule has 2 aromatic heterocycles. The van der Waals surface area contributed by atoms with E-state index in [1.807, 2.05) is 24.0 Å². The summed E-state index contributed by atoms with van der Waals surface area (Å²) in [4.78, 5) is 29.6. The van der Waals surface area contributed by atoms with Crippen molar-refractivity contribution in [2.45, 2.75) is 68.0 Å². The lowest BCUT2D eigenvalue weighted by Crippen LogP contribution is -2.40. The third kappa shape index (κ3) is 4.59. The van der Waals surface area contributed by atoms with Gasteiger partial charge in [-0.05, 0) is 57.1 Å². The maximum atomic E-state index is 12.7. The normalized spacial score (nSPS) is 24.6. The van der Waals surface area contributed by atoms with Crippen molar-refractivity contribution in [3.8, 4) is 0 Å². The van der Waals surface area contributed by atoms with Gasteiger partial charge in [-0.15, -0.1) is 0 Å². The van der Waals surface area contributed by atoms with Crippen LogP contribution in [0.5, 0.6) is 0 Å². The van der Waals surface area contributed by atoms with E-state index >= 15 is 0 Å². The average Bonchev–Trinajstić information content (AvgIpc) is 3.35. The number of thioether (sulfide) groups is 1. The van der Waals surface area contributed by atoms with Crippen molar-refractivity contribution in [3.63, 3.8) is 0 Å². The molecule has 1 amide bonds. The first-order chi connectivity index (χ1) is 14.0. The van der Waals surface area contributed by atoms with E-state index in [4.69, 9.17) is 9.15 Å². The third-order valence-electron chi connectivity index (χ3n) is 5.70. The molecule has 1 unspecified atom stereocenters. The molecule has 1 aliphatic heterocycles. The quantitative estimate of drug-likeness (QED) is 0.803. The van der Waals surface area contributed by atoms with Gasteiger partial charge in [0.2, 0.25) is 0 Å². The SMILES string of the molecule is Cc1cc(C2CCCO2)oc(=O)c1C(=O)NC1CCC(Sc2nccn2C)CC1. The van der Waals surface area contributed by atoms with Gasteiger partial charge >= 0.3 is 5.63 Å². The van der Waals surface area contributed by atoms with Crippen molar-refractivity contribution in [2.75, 3.05) is 6.61 Å². The Balaban J connectivity index is 1.35. The molecule has 29 heavy (non-hydrogen) atoms. The molecule has 8 heteroatoms. The third-order valence-corrected chi connectivity index (χ3v) is 7.11. The molecule has 3 heterocycles. The number of nitrogens with one attached hydrogen (secondary N) is 1. The number of aryl methyl sites for hydroxylation is 2. The van der Waals surface area contributed by atoms with Crippen LogP contribution in [-0.2, 0) is 11.8 Å². The van der Waals surface area contributed by atoms with Crippen LogP contribution in [0, 0.1) is 6.92 Å². The molecule has 0 spiro atoms. The highest BCUT2D eigenvalue weighted by Crippen LogP contribution is 2.33. The lowest BCUT2D eigenvalue weighted by Gasteiger charge is -2.28. The van der Waals surface area contributed by atoms with Crippen LogP contribution in [0.15, 0.2) is 32.8 Å². The molecule has 2 aliphatic rings. The molecule has 2 fully saturated rings. The predicted molar refractivity (Wildman–Crippen MR) is 110 cm³/mol. The highest BCUT2D eigenvalue weighted by atomic mass is 32.2. The summed E-state index contributed by atoms with van der Waals surface area (Å²) in [6.07, 6.45) is 9.19. The number of hydrogen-bond acceptors (Lipinski definition) is 6. The number of carbonyl (C=O) groups excluding carboxylic acids is 1. The summed E-state index contributed by atoms with van der Waals surface area (Å²) in [5.41, 5.74) is 0.173. The van der Waals surface area contributed by atoms with E-state index in [1.54, 1.807) is 24.8 Å². The maximum Gasteiger partial charge on any atom is 0.349 e. The molecular weight excluding hydrogens is 390 g/mol. The molecule has 1 aliphatic carbocycles. The zero-order valence-corrected chi connectivity index (χ0v) is 17.7. The Morgan fingerprint density at radius 2 is 2.07 bits per heavy atom. The van der Waals surface area contributed by atoms with Crippen LogP contribution in [-0.4, -0.2) is 33.4 Å². The molecule has 4 rings (SSSR count). The van der Waals surface area contributed by atoms with Gasteiger partial charge in [-0.3, -0.25) is 4.79 Å². The van der Waals surface area contributed by atoms with Crippen LogP contribution in [0.2, 0.25) is 0 Å². The number of hydrogen-bond donors (Lipinski definition) is 1. The van der Waals surface area contributed by atoms with Gasteiger partial charge in [0.15, 0.2) is 5.16 Å². The monoisotopic (exact) mass is 417 g/mol. The molecule has 1 atom stereocenters. The smallest absolute Gasteiger partial charge is 0.349 e. The lowest BCUT2D eigenvalue weighted by atomic mass is 9.94. The summed E-state index contributed by atoms with van der Waals surface area (Å²) in [6, 6.07) is 1.85.